The monoisotopic (exact) mass is 525 g/mol. The number of aliphatic carboxylic acids is 1. The molecule has 156 valence electrons. The van der Waals surface area contributed by atoms with Crippen molar-refractivity contribution in [2.45, 2.75) is 64.7 Å². The number of rotatable bonds is 7. The third-order valence-corrected chi connectivity index (χ3v) is 5.31. The molecule has 0 fully saturated rings. The number of carboxylic acids is 1. The van der Waals surface area contributed by atoms with Crippen LogP contribution in [0.3, 0.4) is 0 Å². The Kier molecular flexibility index (Phi) is 8.55. The van der Waals surface area contributed by atoms with Crippen LogP contribution in [0.1, 0.15) is 46.6 Å². The van der Waals surface area contributed by atoms with Crippen LogP contribution in [0.5, 0.6) is 0 Å². The van der Waals surface area contributed by atoms with E-state index in [-0.39, 0.29) is 6.42 Å². The van der Waals surface area contributed by atoms with Crippen molar-refractivity contribution in [3.05, 3.63) is 32.4 Å². The summed E-state index contributed by atoms with van der Waals surface area (Å²) in [6.45, 7) is 8.34. The van der Waals surface area contributed by atoms with Crippen molar-refractivity contribution in [1.82, 2.24) is 5.32 Å². The molecule has 28 heavy (non-hydrogen) atoms. The predicted molar refractivity (Wildman–Crippen MR) is 113 cm³/mol. The lowest BCUT2D eigenvalue weighted by atomic mass is 9.90. The van der Waals surface area contributed by atoms with E-state index in [1.54, 1.807) is 52.8 Å². The van der Waals surface area contributed by atoms with Crippen molar-refractivity contribution < 1.29 is 29.0 Å². The molecule has 0 aliphatic rings. The number of carbonyl (C=O) groups excluding carboxylic acids is 2. The minimum Gasteiger partial charge on any atom is -0.479 e. The molecule has 0 aliphatic heterocycles. The third-order valence-electron chi connectivity index (χ3n) is 3.76. The Morgan fingerprint density at radius 3 is 2.36 bits per heavy atom. The van der Waals surface area contributed by atoms with Crippen LogP contribution >= 0.6 is 34.2 Å². The molecular weight excluding hydrogens is 501 g/mol. The molecule has 0 aromatic heterocycles. The number of amides is 1. The molecule has 0 spiro atoms. The second-order valence-corrected chi connectivity index (χ2v) is 8.96. The number of carbonyl (C=O) groups is 3. The lowest BCUT2D eigenvalue weighted by Crippen LogP contribution is -2.63. The number of hydrogen-bond acceptors (Lipinski definition) is 5. The summed E-state index contributed by atoms with van der Waals surface area (Å²) in [5.41, 5.74) is -2.72. The number of hydrogen-bond donors (Lipinski definition) is 2. The maximum absolute atomic E-state index is 12.8. The number of esters is 1. The quantitative estimate of drug-likeness (QED) is 0.315. The van der Waals surface area contributed by atoms with Gasteiger partial charge in [0, 0.05) is 9.99 Å². The van der Waals surface area contributed by atoms with Gasteiger partial charge in [-0.15, -0.1) is 0 Å². The molecule has 0 saturated carbocycles. The Morgan fingerprint density at radius 1 is 1.29 bits per heavy atom. The van der Waals surface area contributed by atoms with Gasteiger partial charge in [0.05, 0.1) is 11.1 Å². The lowest BCUT2D eigenvalue weighted by molar-refractivity contribution is -0.166. The fourth-order valence-corrected chi connectivity index (χ4v) is 2.88. The summed E-state index contributed by atoms with van der Waals surface area (Å²) in [5.74, 6) is -2.61. The summed E-state index contributed by atoms with van der Waals surface area (Å²) in [6, 6.07) is 4.84. The van der Waals surface area contributed by atoms with E-state index < -0.39 is 35.3 Å². The maximum atomic E-state index is 12.8. The number of alkyl carbamates (subject to hydrolysis) is 1. The molecule has 1 aromatic carbocycles. The number of ether oxygens (including phenoxy) is 2. The van der Waals surface area contributed by atoms with Gasteiger partial charge in [-0.3, -0.25) is 5.32 Å². The number of nitrogens with one attached hydrogen (secondary N) is 1. The molecule has 1 amide bonds. The molecule has 1 aromatic rings. The molecule has 2 atom stereocenters. The molecule has 0 radical (unpaired) electrons. The van der Waals surface area contributed by atoms with E-state index in [0.29, 0.717) is 20.6 Å². The van der Waals surface area contributed by atoms with Crippen LogP contribution in [0.4, 0.5) is 4.79 Å². The molecule has 2 unspecified atom stereocenters. The number of benzene rings is 1. The Balaban J connectivity index is 3.34. The van der Waals surface area contributed by atoms with Gasteiger partial charge in [-0.2, -0.15) is 0 Å². The van der Waals surface area contributed by atoms with Crippen molar-refractivity contribution in [2.75, 3.05) is 0 Å². The first kappa shape index (κ1) is 24.5. The molecule has 9 heteroatoms. The van der Waals surface area contributed by atoms with Crippen LogP contribution < -0.4 is 5.32 Å². The highest BCUT2D eigenvalue weighted by molar-refractivity contribution is 14.1. The first-order valence-electron chi connectivity index (χ1n) is 8.70. The fraction of sp³-hybridized carbons (Fsp3) is 0.526. The Morgan fingerprint density at radius 2 is 1.89 bits per heavy atom. The van der Waals surface area contributed by atoms with Gasteiger partial charge >= 0.3 is 18.0 Å². The average Bonchev–Trinajstić information content (AvgIpc) is 2.55. The summed E-state index contributed by atoms with van der Waals surface area (Å²) < 4.78 is 11.1. The zero-order chi connectivity index (χ0) is 21.7. The van der Waals surface area contributed by atoms with Gasteiger partial charge in [-0.1, -0.05) is 24.6 Å². The predicted octanol–water partition coefficient (Wildman–Crippen LogP) is 4.18. The Bertz CT molecular complexity index is 748. The Labute approximate surface area is 183 Å². The first-order chi connectivity index (χ1) is 12.8. The highest BCUT2D eigenvalue weighted by atomic mass is 127. The summed E-state index contributed by atoms with van der Waals surface area (Å²) in [4.78, 5) is 37.3. The first-order valence-corrected chi connectivity index (χ1v) is 10.2. The topological polar surface area (TPSA) is 102 Å². The highest BCUT2D eigenvalue weighted by Crippen LogP contribution is 2.24. The van der Waals surface area contributed by atoms with Gasteiger partial charge in [0.15, 0.2) is 0 Å². The van der Waals surface area contributed by atoms with Crippen LogP contribution in [0.15, 0.2) is 18.2 Å². The van der Waals surface area contributed by atoms with E-state index >= 15 is 0 Å². The van der Waals surface area contributed by atoms with E-state index in [4.69, 9.17) is 21.1 Å². The molecule has 0 heterocycles. The zero-order valence-corrected chi connectivity index (χ0v) is 19.4. The van der Waals surface area contributed by atoms with Crippen molar-refractivity contribution in [3.63, 3.8) is 0 Å². The van der Waals surface area contributed by atoms with Crippen LogP contribution in [0.25, 0.3) is 0 Å². The molecule has 2 N–H and O–H groups in total. The molecule has 7 nitrogen and oxygen atoms in total. The van der Waals surface area contributed by atoms with Crippen molar-refractivity contribution >= 4 is 52.2 Å². The second-order valence-electron chi connectivity index (χ2n) is 7.39. The van der Waals surface area contributed by atoms with Gasteiger partial charge in [0.1, 0.15) is 5.60 Å². The lowest BCUT2D eigenvalue weighted by Gasteiger charge is -2.31. The van der Waals surface area contributed by atoms with Crippen LogP contribution in [0.2, 0.25) is 5.02 Å². The molecular formula is C19H25ClINO6. The standard InChI is InChI=1S/C19H25ClINO6/c1-6-11(2)27-16(25)19(15(23)24,22-17(26)28-18(3,4)5)10-12-7-8-13(20)14(21)9-12/h7-9,11H,6,10H2,1-5H3,(H,22,26)(H,23,24). The van der Waals surface area contributed by atoms with E-state index in [2.05, 4.69) is 5.32 Å². The van der Waals surface area contributed by atoms with Gasteiger partial charge in [-0.05, 0) is 74.4 Å². The summed E-state index contributed by atoms with van der Waals surface area (Å²) in [6.07, 6.45) is -1.38. The SMILES string of the molecule is CCC(C)OC(=O)C(Cc1ccc(Cl)c(I)c1)(NC(=O)OC(C)(C)C)C(=O)O. The smallest absolute Gasteiger partial charge is 0.409 e. The van der Waals surface area contributed by atoms with E-state index in [1.165, 1.54) is 0 Å². The summed E-state index contributed by atoms with van der Waals surface area (Å²) in [5, 5.41) is 12.6. The minimum absolute atomic E-state index is 0.329. The summed E-state index contributed by atoms with van der Waals surface area (Å²) in [7, 11) is 0. The van der Waals surface area contributed by atoms with E-state index in [1.807, 2.05) is 22.6 Å². The van der Waals surface area contributed by atoms with Gasteiger partial charge in [-0.25, -0.2) is 14.4 Å². The van der Waals surface area contributed by atoms with Crippen LogP contribution in [-0.4, -0.2) is 40.4 Å². The average molecular weight is 526 g/mol. The molecule has 1 rings (SSSR count). The van der Waals surface area contributed by atoms with Crippen molar-refractivity contribution in [1.29, 1.82) is 0 Å². The maximum Gasteiger partial charge on any atom is 0.409 e. The van der Waals surface area contributed by atoms with Crippen molar-refractivity contribution in [3.8, 4) is 0 Å². The number of carboxylic acid groups (broad SMARTS) is 1. The van der Waals surface area contributed by atoms with E-state index in [9.17, 15) is 19.5 Å². The van der Waals surface area contributed by atoms with Gasteiger partial charge in [0.25, 0.3) is 0 Å². The molecule has 0 saturated heterocycles. The van der Waals surface area contributed by atoms with Gasteiger partial charge < -0.3 is 14.6 Å². The Hall–Kier alpha value is -1.55. The highest BCUT2D eigenvalue weighted by Gasteiger charge is 2.50. The minimum atomic E-state index is -2.34. The number of halogens is 2. The molecule has 0 bridgehead atoms. The van der Waals surface area contributed by atoms with Crippen molar-refractivity contribution in [2.24, 2.45) is 0 Å². The van der Waals surface area contributed by atoms with E-state index in [0.717, 1.165) is 0 Å². The zero-order valence-electron chi connectivity index (χ0n) is 16.5. The van der Waals surface area contributed by atoms with Crippen LogP contribution in [0, 0.1) is 3.57 Å². The van der Waals surface area contributed by atoms with Crippen LogP contribution in [-0.2, 0) is 25.5 Å². The van der Waals surface area contributed by atoms with Gasteiger partial charge in [0.2, 0.25) is 5.54 Å². The second kappa shape index (κ2) is 9.78. The normalized spacial score (nSPS) is 14.5. The third kappa shape index (κ3) is 6.80. The largest absolute Gasteiger partial charge is 0.479 e. The fourth-order valence-electron chi connectivity index (χ4n) is 2.18. The summed E-state index contributed by atoms with van der Waals surface area (Å²) >= 11 is 8.01. The molecule has 0 aliphatic carbocycles.